The second-order valence-electron chi connectivity index (χ2n) is 7.22. The molecule has 2 nitrogen and oxygen atoms in total. The Bertz CT molecular complexity index is 1250. The number of nitroso groups, excluding NO2 is 1. The summed E-state index contributed by atoms with van der Waals surface area (Å²) in [5.41, 5.74) is 5.44. The van der Waals surface area contributed by atoms with Crippen molar-refractivity contribution < 1.29 is 4.39 Å². The van der Waals surface area contributed by atoms with Crippen LogP contribution in [0.5, 0.6) is 0 Å². The number of halogens is 1. The van der Waals surface area contributed by atoms with Gasteiger partial charge in [-0.3, -0.25) is 0 Å². The molecule has 0 aliphatic heterocycles. The van der Waals surface area contributed by atoms with Crippen molar-refractivity contribution in [2.75, 3.05) is 0 Å². The van der Waals surface area contributed by atoms with E-state index < -0.39 is 5.41 Å². The molecule has 0 bridgehead atoms. The molecule has 4 aromatic carbocycles. The maximum absolute atomic E-state index is 15.3. The zero-order valence-electron chi connectivity index (χ0n) is 15.5. The summed E-state index contributed by atoms with van der Waals surface area (Å²) in [5.74, 6) is -0.296. The summed E-state index contributed by atoms with van der Waals surface area (Å²) in [7, 11) is 6.18. The van der Waals surface area contributed by atoms with Gasteiger partial charge in [0.05, 0.1) is 5.41 Å². The Morgan fingerprint density at radius 1 is 0.724 bits per heavy atom. The Labute approximate surface area is 169 Å². The summed E-state index contributed by atoms with van der Waals surface area (Å²) in [4.78, 5) is 11.0. The minimum absolute atomic E-state index is 0.296. The summed E-state index contributed by atoms with van der Waals surface area (Å²) < 4.78 is 15.3. The van der Waals surface area contributed by atoms with Crippen molar-refractivity contribution in [2.45, 2.75) is 5.41 Å². The van der Waals surface area contributed by atoms with Gasteiger partial charge in [-0.25, -0.2) is 4.39 Å². The van der Waals surface area contributed by atoms with Crippen molar-refractivity contribution in [3.05, 3.63) is 124 Å². The van der Waals surface area contributed by atoms with E-state index in [2.05, 4.69) is 5.18 Å². The van der Waals surface area contributed by atoms with Gasteiger partial charge in [0.1, 0.15) is 19.4 Å². The van der Waals surface area contributed by atoms with E-state index in [1.807, 2.05) is 66.7 Å². The van der Waals surface area contributed by atoms with Crippen LogP contribution in [-0.4, -0.2) is 7.85 Å². The van der Waals surface area contributed by atoms with E-state index in [1.54, 1.807) is 18.2 Å². The van der Waals surface area contributed by atoms with Gasteiger partial charge in [-0.2, -0.15) is 0 Å². The van der Waals surface area contributed by atoms with Crippen LogP contribution in [0.2, 0.25) is 0 Å². The van der Waals surface area contributed by atoms with E-state index >= 15 is 4.39 Å². The fraction of sp³-hybridized carbons (Fsp3) is 0.0400. The molecule has 1 aliphatic carbocycles. The number of benzene rings is 4. The molecule has 2 radical (unpaired) electrons. The molecule has 0 aromatic heterocycles. The summed E-state index contributed by atoms with van der Waals surface area (Å²) in [5, 5.41) is 3.01. The third-order valence-corrected chi connectivity index (χ3v) is 5.75. The normalized spacial score (nSPS) is 16.9. The fourth-order valence-electron chi connectivity index (χ4n) is 4.59. The van der Waals surface area contributed by atoms with Crippen LogP contribution in [0.1, 0.15) is 22.3 Å². The average molecular weight is 375 g/mol. The summed E-state index contributed by atoms with van der Waals surface area (Å²) in [6.07, 6.45) is 0. The summed E-state index contributed by atoms with van der Waals surface area (Å²) >= 11 is 0. The first-order valence-corrected chi connectivity index (χ1v) is 9.35. The maximum atomic E-state index is 15.3. The standard InChI is InChI=1S/C25H15BFNO/c26-17-11-14-20-19-5-1-2-6-21(19)25(23(20)15-17,22-7-3-4-8-24(22)27)16-9-12-18(28-29)13-10-16/h1-15H. The molecule has 4 aromatic rings. The SMILES string of the molecule is [B]c1ccc2c(c1)C(c1ccc(N=O)cc1)(c1ccccc1F)c1ccccc1-2. The van der Waals surface area contributed by atoms with Crippen LogP contribution in [0.4, 0.5) is 10.1 Å². The molecule has 0 heterocycles. The Balaban J connectivity index is 1.97. The number of rotatable bonds is 3. The Kier molecular flexibility index (Phi) is 3.95. The predicted molar refractivity (Wildman–Crippen MR) is 115 cm³/mol. The predicted octanol–water partition coefficient (Wildman–Crippen LogP) is 5.38. The number of hydrogen-bond acceptors (Lipinski definition) is 2. The van der Waals surface area contributed by atoms with Gasteiger partial charge in [-0.05, 0) is 51.2 Å². The molecule has 0 saturated carbocycles. The van der Waals surface area contributed by atoms with Crippen LogP contribution in [0, 0.1) is 10.7 Å². The second kappa shape index (κ2) is 6.52. The highest BCUT2D eigenvalue weighted by molar-refractivity contribution is 6.32. The van der Waals surface area contributed by atoms with Crippen LogP contribution in [0.3, 0.4) is 0 Å². The third kappa shape index (κ3) is 2.42. The molecule has 29 heavy (non-hydrogen) atoms. The van der Waals surface area contributed by atoms with Gasteiger partial charge in [-0.15, -0.1) is 4.91 Å². The van der Waals surface area contributed by atoms with Gasteiger partial charge >= 0.3 is 0 Å². The lowest BCUT2D eigenvalue weighted by atomic mass is 9.67. The molecule has 0 saturated heterocycles. The molecular formula is C25H15BFNO. The van der Waals surface area contributed by atoms with E-state index in [0.717, 1.165) is 27.8 Å². The Hall–Kier alpha value is -3.53. The average Bonchev–Trinajstić information content (AvgIpc) is 3.04. The van der Waals surface area contributed by atoms with Crippen LogP contribution in [-0.2, 0) is 5.41 Å². The van der Waals surface area contributed by atoms with Gasteiger partial charge in [0.2, 0.25) is 0 Å². The molecule has 0 fully saturated rings. The molecule has 1 aliphatic rings. The molecular weight excluding hydrogens is 360 g/mol. The lowest BCUT2D eigenvalue weighted by Gasteiger charge is -2.34. The van der Waals surface area contributed by atoms with Gasteiger partial charge in [0.25, 0.3) is 0 Å². The maximum Gasteiger partial charge on any atom is 0.127 e. The van der Waals surface area contributed by atoms with Gasteiger partial charge in [0, 0.05) is 5.56 Å². The van der Waals surface area contributed by atoms with E-state index in [1.165, 1.54) is 6.07 Å². The highest BCUT2D eigenvalue weighted by atomic mass is 19.1. The zero-order chi connectivity index (χ0) is 20.0. The van der Waals surface area contributed by atoms with Gasteiger partial charge in [-0.1, -0.05) is 78.3 Å². The minimum atomic E-state index is -0.881. The van der Waals surface area contributed by atoms with Crippen molar-refractivity contribution >= 4 is 19.0 Å². The van der Waals surface area contributed by atoms with Crippen molar-refractivity contribution in [2.24, 2.45) is 5.18 Å². The van der Waals surface area contributed by atoms with Crippen LogP contribution in [0.15, 0.2) is 96.2 Å². The minimum Gasteiger partial charge on any atom is -0.207 e. The van der Waals surface area contributed by atoms with E-state index in [0.29, 0.717) is 16.7 Å². The summed E-state index contributed by atoms with van der Waals surface area (Å²) in [6, 6.07) is 27.7. The zero-order valence-corrected chi connectivity index (χ0v) is 15.5. The Morgan fingerprint density at radius 3 is 2.10 bits per heavy atom. The van der Waals surface area contributed by atoms with E-state index in [9.17, 15) is 4.91 Å². The molecule has 1 unspecified atom stereocenters. The first kappa shape index (κ1) is 17.6. The van der Waals surface area contributed by atoms with Crippen molar-refractivity contribution in [3.63, 3.8) is 0 Å². The quantitative estimate of drug-likeness (QED) is 0.308. The van der Waals surface area contributed by atoms with Crippen molar-refractivity contribution in [1.82, 2.24) is 0 Å². The molecule has 1 atom stereocenters. The smallest absolute Gasteiger partial charge is 0.127 e. The number of hydrogen-bond donors (Lipinski definition) is 0. The van der Waals surface area contributed by atoms with Gasteiger partial charge in [0.15, 0.2) is 0 Å². The van der Waals surface area contributed by atoms with Gasteiger partial charge < -0.3 is 0 Å². The first-order chi connectivity index (χ1) is 14.2. The molecule has 5 rings (SSSR count). The van der Waals surface area contributed by atoms with Crippen LogP contribution in [0.25, 0.3) is 11.1 Å². The molecule has 0 N–H and O–H groups in total. The monoisotopic (exact) mass is 375 g/mol. The Morgan fingerprint density at radius 2 is 1.38 bits per heavy atom. The van der Waals surface area contributed by atoms with E-state index in [-0.39, 0.29) is 5.82 Å². The topological polar surface area (TPSA) is 29.4 Å². The van der Waals surface area contributed by atoms with E-state index in [4.69, 9.17) is 7.85 Å². The largest absolute Gasteiger partial charge is 0.207 e. The number of nitrogens with zero attached hydrogens (tertiary/aromatic N) is 1. The van der Waals surface area contributed by atoms with Crippen LogP contribution < -0.4 is 5.46 Å². The fourth-order valence-corrected chi connectivity index (χ4v) is 4.59. The molecule has 0 spiro atoms. The van der Waals surface area contributed by atoms with Crippen molar-refractivity contribution in [3.8, 4) is 11.1 Å². The third-order valence-electron chi connectivity index (χ3n) is 5.75. The molecule has 136 valence electrons. The van der Waals surface area contributed by atoms with Crippen LogP contribution >= 0.6 is 0 Å². The lowest BCUT2D eigenvalue weighted by Crippen LogP contribution is -2.30. The first-order valence-electron chi connectivity index (χ1n) is 9.35. The molecule has 0 amide bonds. The second-order valence-corrected chi connectivity index (χ2v) is 7.22. The number of fused-ring (bicyclic) bond motifs is 3. The summed E-state index contributed by atoms with van der Waals surface area (Å²) in [6.45, 7) is 0. The van der Waals surface area contributed by atoms with Crippen molar-refractivity contribution in [1.29, 1.82) is 0 Å². The highest BCUT2D eigenvalue weighted by Gasteiger charge is 2.47. The lowest BCUT2D eigenvalue weighted by molar-refractivity contribution is 0.584. The molecule has 4 heteroatoms. The highest BCUT2D eigenvalue weighted by Crippen LogP contribution is 2.56.